The van der Waals surface area contributed by atoms with Crippen molar-refractivity contribution in [2.75, 3.05) is 13.1 Å². The molecule has 158 valence electrons. The molecule has 0 bridgehead atoms. The zero-order chi connectivity index (χ0) is 21.2. The number of aromatic nitrogens is 5. The number of amides is 1. The molecule has 31 heavy (non-hydrogen) atoms. The van der Waals surface area contributed by atoms with Crippen LogP contribution in [0.4, 0.5) is 0 Å². The number of rotatable bonds is 5. The number of aryl methyl sites for hydroxylation is 1. The highest BCUT2D eigenvalue weighted by molar-refractivity contribution is 5.89. The van der Waals surface area contributed by atoms with Crippen molar-refractivity contribution in [2.24, 2.45) is 0 Å². The molecule has 5 rings (SSSR count). The normalized spacial score (nSPS) is 16.7. The monoisotopic (exact) mass is 416 g/mol. The minimum absolute atomic E-state index is 0.113. The quantitative estimate of drug-likeness (QED) is 0.534. The largest absolute Gasteiger partial charge is 0.361 e. The fourth-order valence-corrected chi connectivity index (χ4v) is 4.32. The number of fused-ring (bicyclic) bond motifs is 1. The van der Waals surface area contributed by atoms with Gasteiger partial charge in [-0.2, -0.15) is 4.98 Å². The Bertz CT molecular complexity index is 1210. The fourth-order valence-electron chi connectivity index (χ4n) is 4.32. The number of benzene rings is 1. The molecule has 0 aliphatic carbocycles. The molecule has 1 aromatic carbocycles. The second kappa shape index (κ2) is 8.29. The third-order valence-corrected chi connectivity index (χ3v) is 5.93. The van der Waals surface area contributed by atoms with Gasteiger partial charge in [0.15, 0.2) is 0 Å². The van der Waals surface area contributed by atoms with Crippen LogP contribution in [0.15, 0.2) is 47.5 Å². The molecule has 4 aromatic rings. The lowest BCUT2D eigenvalue weighted by atomic mass is 9.91. The van der Waals surface area contributed by atoms with Crippen LogP contribution in [0.1, 0.15) is 42.8 Å². The summed E-state index contributed by atoms with van der Waals surface area (Å²) in [6.07, 6.45) is 8.17. The van der Waals surface area contributed by atoms with E-state index in [1.165, 1.54) is 0 Å². The second-order valence-electron chi connectivity index (χ2n) is 7.90. The minimum atomic E-state index is 0.113. The molecule has 1 aliphatic rings. The Balaban J connectivity index is 1.35. The maximum absolute atomic E-state index is 13.1. The number of nitrogens with one attached hydrogen (secondary N) is 1. The summed E-state index contributed by atoms with van der Waals surface area (Å²) in [7, 11) is 0. The highest BCUT2D eigenvalue weighted by atomic mass is 16.5. The van der Waals surface area contributed by atoms with Crippen molar-refractivity contribution in [2.45, 2.75) is 38.5 Å². The molecule has 0 unspecified atom stereocenters. The lowest BCUT2D eigenvalue weighted by molar-refractivity contribution is -0.131. The van der Waals surface area contributed by atoms with Crippen molar-refractivity contribution in [3.63, 3.8) is 0 Å². The Morgan fingerprint density at radius 3 is 3.10 bits per heavy atom. The average molecular weight is 416 g/mol. The molecule has 1 amide bonds. The molecule has 1 fully saturated rings. The van der Waals surface area contributed by atoms with Gasteiger partial charge in [-0.3, -0.25) is 4.79 Å². The van der Waals surface area contributed by atoms with E-state index in [1.54, 1.807) is 12.5 Å². The van der Waals surface area contributed by atoms with Gasteiger partial charge in [0.2, 0.25) is 17.6 Å². The van der Waals surface area contributed by atoms with Gasteiger partial charge < -0.3 is 14.4 Å². The van der Waals surface area contributed by atoms with E-state index < -0.39 is 0 Å². The number of para-hydroxylation sites is 1. The van der Waals surface area contributed by atoms with Gasteiger partial charge in [-0.15, -0.1) is 0 Å². The van der Waals surface area contributed by atoms with E-state index in [2.05, 4.69) is 31.2 Å². The number of aromatic amines is 1. The first-order valence-electron chi connectivity index (χ1n) is 10.7. The molecule has 0 spiro atoms. The van der Waals surface area contributed by atoms with Gasteiger partial charge in [0.25, 0.3) is 0 Å². The van der Waals surface area contributed by atoms with E-state index in [-0.39, 0.29) is 11.8 Å². The number of hydrogen-bond acceptors (Lipinski definition) is 6. The topological polar surface area (TPSA) is 101 Å². The zero-order valence-electron chi connectivity index (χ0n) is 17.4. The van der Waals surface area contributed by atoms with Crippen LogP contribution in [-0.4, -0.2) is 49.0 Å². The molecule has 0 radical (unpaired) electrons. The van der Waals surface area contributed by atoms with Crippen LogP contribution >= 0.6 is 0 Å². The zero-order valence-corrected chi connectivity index (χ0v) is 17.4. The Morgan fingerprint density at radius 1 is 1.32 bits per heavy atom. The first kappa shape index (κ1) is 19.4. The molecule has 8 heteroatoms. The van der Waals surface area contributed by atoms with E-state index >= 15 is 0 Å². The Morgan fingerprint density at radius 2 is 2.23 bits per heavy atom. The molecule has 1 N–H and O–H groups in total. The summed E-state index contributed by atoms with van der Waals surface area (Å²) in [5.41, 5.74) is 3.74. The van der Waals surface area contributed by atoms with Crippen molar-refractivity contribution in [3.05, 3.63) is 60.1 Å². The van der Waals surface area contributed by atoms with Gasteiger partial charge in [-0.05, 0) is 24.5 Å². The third-order valence-electron chi connectivity index (χ3n) is 5.93. The Labute approximate surface area is 179 Å². The van der Waals surface area contributed by atoms with E-state index in [0.717, 1.165) is 47.1 Å². The number of likely N-dealkylation sites (tertiary alicyclic amines) is 1. The number of carbonyl (C=O) groups excluding carboxylic acids is 1. The summed E-state index contributed by atoms with van der Waals surface area (Å²) in [5.74, 6) is 1.35. The molecule has 4 heterocycles. The summed E-state index contributed by atoms with van der Waals surface area (Å²) in [4.78, 5) is 31.5. The van der Waals surface area contributed by atoms with E-state index in [9.17, 15) is 4.79 Å². The molecule has 1 atom stereocenters. The first-order valence-corrected chi connectivity index (χ1v) is 10.7. The lowest BCUT2D eigenvalue weighted by Crippen LogP contribution is -2.40. The average Bonchev–Trinajstić information content (AvgIpc) is 3.47. The van der Waals surface area contributed by atoms with E-state index in [1.807, 2.05) is 36.2 Å². The maximum atomic E-state index is 13.1. The van der Waals surface area contributed by atoms with Crippen LogP contribution in [-0.2, 0) is 17.6 Å². The lowest BCUT2D eigenvalue weighted by Gasteiger charge is -2.33. The van der Waals surface area contributed by atoms with E-state index in [4.69, 9.17) is 4.52 Å². The second-order valence-corrected chi connectivity index (χ2v) is 7.90. The van der Waals surface area contributed by atoms with Crippen LogP contribution in [0.2, 0.25) is 0 Å². The Kier molecular flexibility index (Phi) is 5.19. The third kappa shape index (κ3) is 3.81. The van der Waals surface area contributed by atoms with Crippen LogP contribution in [0.3, 0.4) is 0 Å². The number of H-pyrrole nitrogens is 1. The Hall–Kier alpha value is -3.55. The molecule has 3 aromatic heterocycles. The van der Waals surface area contributed by atoms with Crippen LogP contribution in [0, 0.1) is 0 Å². The molecule has 1 aliphatic heterocycles. The molecule has 0 saturated carbocycles. The minimum Gasteiger partial charge on any atom is -0.361 e. The van der Waals surface area contributed by atoms with Gasteiger partial charge in [0.1, 0.15) is 6.33 Å². The SMILES string of the molecule is CCc1nc(-c2cncnc2[C@H]2CCCN(C(=O)Cc3c[nH]c4ccccc34)C2)no1. The molecule has 8 nitrogen and oxygen atoms in total. The van der Waals surface area contributed by atoms with Gasteiger partial charge in [0, 0.05) is 48.7 Å². The van der Waals surface area contributed by atoms with Crippen LogP contribution < -0.4 is 0 Å². The van der Waals surface area contributed by atoms with Gasteiger partial charge in [-0.1, -0.05) is 30.3 Å². The smallest absolute Gasteiger partial charge is 0.227 e. The summed E-state index contributed by atoms with van der Waals surface area (Å²) in [6.45, 7) is 3.36. The van der Waals surface area contributed by atoms with Gasteiger partial charge in [0.05, 0.1) is 17.7 Å². The van der Waals surface area contributed by atoms with Crippen LogP contribution in [0.5, 0.6) is 0 Å². The summed E-state index contributed by atoms with van der Waals surface area (Å²) in [5, 5.41) is 5.20. The number of nitrogens with zero attached hydrogens (tertiary/aromatic N) is 5. The first-order chi connectivity index (χ1) is 15.2. The van der Waals surface area contributed by atoms with Crippen molar-refractivity contribution in [3.8, 4) is 11.4 Å². The predicted octanol–water partition coefficient (Wildman–Crippen LogP) is 3.52. The van der Waals surface area contributed by atoms with Crippen molar-refractivity contribution >= 4 is 16.8 Å². The van der Waals surface area contributed by atoms with Gasteiger partial charge >= 0.3 is 0 Å². The van der Waals surface area contributed by atoms with Crippen molar-refractivity contribution in [1.82, 2.24) is 30.0 Å². The number of piperidine rings is 1. The maximum Gasteiger partial charge on any atom is 0.227 e. The highest BCUT2D eigenvalue weighted by Crippen LogP contribution is 2.32. The number of hydrogen-bond donors (Lipinski definition) is 1. The standard InChI is InChI=1S/C23H24N6O2/c1-2-20-27-23(28-31-20)18-12-24-14-26-22(18)15-6-5-9-29(13-15)21(30)10-16-11-25-19-8-4-3-7-17(16)19/h3-4,7-8,11-12,14-15,25H,2,5-6,9-10,13H2,1H3/t15-/m0/s1. The molecular weight excluding hydrogens is 392 g/mol. The highest BCUT2D eigenvalue weighted by Gasteiger charge is 2.29. The summed E-state index contributed by atoms with van der Waals surface area (Å²) >= 11 is 0. The molecular formula is C23H24N6O2. The summed E-state index contributed by atoms with van der Waals surface area (Å²) < 4.78 is 5.28. The van der Waals surface area contributed by atoms with Crippen molar-refractivity contribution in [1.29, 1.82) is 0 Å². The van der Waals surface area contributed by atoms with Crippen molar-refractivity contribution < 1.29 is 9.32 Å². The van der Waals surface area contributed by atoms with Gasteiger partial charge in [-0.25, -0.2) is 9.97 Å². The summed E-state index contributed by atoms with van der Waals surface area (Å²) in [6, 6.07) is 8.07. The molecule has 1 saturated heterocycles. The van der Waals surface area contributed by atoms with Crippen LogP contribution in [0.25, 0.3) is 22.3 Å². The number of carbonyl (C=O) groups is 1. The van der Waals surface area contributed by atoms with E-state index in [0.29, 0.717) is 31.1 Å². The predicted molar refractivity (Wildman–Crippen MR) is 115 cm³/mol. The fraction of sp³-hybridized carbons (Fsp3) is 0.348.